The molecule has 3 heteroatoms. The summed E-state index contributed by atoms with van der Waals surface area (Å²) in [5, 5.41) is 3.77. The van der Waals surface area contributed by atoms with E-state index in [2.05, 4.69) is 12.2 Å². The highest BCUT2D eigenvalue weighted by Gasteiger charge is 2.23. The van der Waals surface area contributed by atoms with Crippen LogP contribution in [0.25, 0.3) is 0 Å². The number of rotatable bonds is 8. The Morgan fingerprint density at radius 2 is 2.21 bits per heavy atom. The van der Waals surface area contributed by atoms with Crippen molar-refractivity contribution < 1.29 is 4.39 Å². The van der Waals surface area contributed by atoms with E-state index in [0.29, 0.717) is 6.04 Å². The van der Waals surface area contributed by atoms with E-state index >= 15 is 0 Å². The molecule has 1 aromatic rings. The fourth-order valence-corrected chi connectivity index (χ4v) is 2.63. The van der Waals surface area contributed by atoms with Crippen LogP contribution in [-0.4, -0.2) is 12.6 Å². The summed E-state index contributed by atoms with van der Waals surface area (Å²) < 4.78 is 13.9. The minimum Gasteiger partial charge on any atom is -0.314 e. The lowest BCUT2D eigenvalue weighted by atomic mass is 10.00. The lowest BCUT2D eigenvalue weighted by Gasteiger charge is -2.19. The molecule has 0 heterocycles. The van der Waals surface area contributed by atoms with Gasteiger partial charge in [-0.2, -0.15) is 0 Å². The molecule has 0 bridgehead atoms. The van der Waals surface area contributed by atoms with Crippen LogP contribution in [0.4, 0.5) is 4.39 Å². The van der Waals surface area contributed by atoms with Gasteiger partial charge in [0.15, 0.2) is 0 Å². The zero-order valence-corrected chi connectivity index (χ0v) is 12.3. The summed E-state index contributed by atoms with van der Waals surface area (Å²) in [4.78, 5) is 0. The van der Waals surface area contributed by atoms with E-state index in [1.807, 2.05) is 12.1 Å². The van der Waals surface area contributed by atoms with Gasteiger partial charge in [0.1, 0.15) is 5.82 Å². The lowest BCUT2D eigenvalue weighted by Crippen LogP contribution is -2.32. The van der Waals surface area contributed by atoms with Crippen LogP contribution < -0.4 is 5.32 Å². The minimum absolute atomic E-state index is 0.230. The summed E-state index contributed by atoms with van der Waals surface area (Å²) in [5.74, 6) is 0.675. The lowest BCUT2D eigenvalue weighted by molar-refractivity contribution is 0.445. The van der Waals surface area contributed by atoms with Crippen molar-refractivity contribution in [1.82, 2.24) is 5.32 Å². The molecule has 1 aromatic carbocycles. The van der Waals surface area contributed by atoms with Crippen molar-refractivity contribution in [1.29, 1.82) is 0 Å². The third kappa shape index (κ3) is 4.77. The number of benzene rings is 1. The highest BCUT2D eigenvalue weighted by Crippen LogP contribution is 2.34. The number of halogens is 2. The van der Waals surface area contributed by atoms with Crippen LogP contribution >= 0.6 is 11.6 Å². The van der Waals surface area contributed by atoms with Crippen LogP contribution in [0, 0.1) is 11.7 Å². The molecule has 1 nitrogen and oxygen atoms in total. The molecule has 0 radical (unpaired) electrons. The fourth-order valence-electron chi connectivity index (χ4n) is 2.44. The third-order valence-electron chi connectivity index (χ3n) is 3.80. The Bertz CT molecular complexity index is 404. The van der Waals surface area contributed by atoms with Crippen molar-refractivity contribution in [2.24, 2.45) is 5.92 Å². The molecular formula is C16H23ClFN. The standard InChI is InChI=1S/C16H23ClFN/c1-2-10-19-14(9-8-12-6-7-12)11-13-4-3-5-15(17)16(13)18/h3-5,12,14,19H,2,6-11H2,1H3. The van der Waals surface area contributed by atoms with Gasteiger partial charge in [0, 0.05) is 6.04 Å². The second kappa shape index (κ2) is 7.25. The average molecular weight is 284 g/mol. The smallest absolute Gasteiger partial charge is 0.145 e. The van der Waals surface area contributed by atoms with Crippen LogP contribution in [0.15, 0.2) is 18.2 Å². The number of nitrogens with one attached hydrogen (secondary N) is 1. The monoisotopic (exact) mass is 283 g/mol. The van der Waals surface area contributed by atoms with E-state index in [4.69, 9.17) is 11.6 Å². The molecule has 1 unspecified atom stereocenters. The fraction of sp³-hybridized carbons (Fsp3) is 0.625. The Hall–Kier alpha value is -0.600. The van der Waals surface area contributed by atoms with Crippen molar-refractivity contribution in [2.75, 3.05) is 6.54 Å². The van der Waals surface area contributed by atoms with Crippen molar-refractivity contribution >= 4 is 11.6 Å². The first kappa shape index (κ1) is 14.8. The van der Waals surface area contributed by atoms with Gasteiger partial charge < -0.3 is 5.32 Å². The van der Waals surface area contributed by atoms with Gasteiger partial charge in [-0.05, 0) is 49.8 Å². The van der Waals surface area contributed by atoms with E-state index in [-0.39, 0.29) is 10.8 Å². The van der Waals surface area contributed by atoms with Crippen LogP contribution in [0.1, 0.15) is 44.6 Å². The molecular weight excluding hydrogens is 261 g/mol. The maximum absolute atomic E-state index is 13.9. The second-order valence-corrected chi connectivity index (χ2v) is 6.00. The molecule has 0 spiro atoms. The average Bonchev–Trinajstić information content (AvgIpc) is 3.22. The molecule has 0 saturated heterocycles. The maximum atomic E-state index is 13.9. The van der Waals surface area contributed by atoms with Crippen LogP contribution in [0.3, 0.4) is 0 Å². The summed E-state index contributed by atoms with van der Waals surface area (Å²) in [6, 6.07) is 5.66. The summed E-state index contributed by atoms with van der Waals surface area (Å²) >= 11 is 5.84. The molecule has 1 atom stereocenters. The molecule has 0 aromatic heterocycles. The first-order chi connectivity index (χ1) is 9.20. The van der Waals surface area contributed by atoms with Crippen LogP contribution in [0.5, 0.6) is 0 Å². The molecule has 0 aliphatic heterocycles. The van der Waals surface area contributed by atoms with Crippen molar-refractivity contribution in [3.63, 3.8) is 0 Å². The second-order valence-electron chi connectivity index (χ2n) is 5.59. The van der Waals surface area contributed by atoms with Crippen molar-refractivity contribution in [3.8, 4) is 0 Å². The zero-order valence-electron chi connectivity index (χ0n) is 11.6. The summed E-state index contributed by atoms with van der Waals surface area (Å²) in [5.41, 5.74) is 0.733. The van der Waals surface area contributed by atoms with Gasteiger partial charge in [0.25, 0.3) is 0 Å². The molecule has 1 fully saturated rings. The van der Waals surface area contributed by atoms with Gasteiger partial charge in [-0.3, -0.25) is 0 Å². The molecule has 106 valence electrons. The normalized spacial score (nSPS) is 16.6. The van der Waals surface area contributed by atoms with Gasteiger partial charge in [-0.25, -0.2) is 4.39 Å². The van der Waals surface area contributed by atoms with Crippen LogP contribution in [0.2, 0.25) is 5.02 Å². The predicted octanol–water partition coefficient (Wildman–Crippen LogP) is 4.58. The quantitative estimate of drug-likeness (QED) is 0.736. The summed E-state index contributed by atoms with van der Waals surface area (Å²) in [7, 11) is 0. The Morgan fingerprint density at radius 3 is 2.89 bits per heavy atom. The first-order valence-electron chi connectivity index (χ1n) is 7.37. The van der Waals surface area contributed by atoms with Crippen molar-refractivity contribution in [3.05, 3.63) is 34.6 Å². The molecule has 2 rings (SSSR count). The SMILES string of the molecule is CCCNC(CCC1CC1)Cc1cccc(Cl)c1F. The molecule has 1 aliphatic rings. The topological polar surface area (TPSA) is 12.0 Å². The predicted molar refractivity (Wildman–Crippen MR) is 79.2 cm³/mol. The Labute approximate surface area is 120 Å². The molecule has 1 aliphatic carbocycles. The summed E-state index contributed by atoms with van der Waals surface area (Å²) in [6.07, 6.45) is 7.01. The van der Waals surface area contributed by atoms with E-state index in [1.165, 1.54) is 19.3 Å². The molecule has 1 N–H and O–H groups in total. The van der Waals surface area contributed by atoms with E-state index in [0.717, 1.165) is 37.3 Å². The Balaban J connectivity index is 1.94. The molecule has 1 saturated carbocycles. The minimum atomic E-state index is -0.251. The van der Waals surface area contributed by atoms with E-state index in [1.54, 1.807) is 6.07 Å². The number of hydrogen-bond donors (Lipinski definition) is 1. The molecule has 0 amide bonds. The Morgan fingerprint density at radius 1 is 1.42 bits per heavy atom. The first-order valence-corrected chi connectivity index (χ1v) is 7.74. The molecule has 19 heavy (non-hydrogen) atoms. The van der Waals surface area contributed by atoms with Gasteiger partial charge in [-0.1, -0.05) is 43.5 Å². The summed E-state index contributed by atoms with van der Waals surface area (Å²) in [6.45, 7) is 3.16. The van der Waals surface area contributed by atoms with Gasteiger partial charge in [0.2, 0.25) is 0 Å². The highest BCUT2D eigenvalue weighted by molar-refractivity contribution is 6.30. The third-order valence-corrected chi connectivity index (χ3v) is 4.09. The van der Waals surface area contributed by atoms with Crippen LogP contribution in [-0.2, 0) is 6.42 Å². The van der Waals surface area contributed by atoms with E-state index in [9.17, 15) is 4.39 Å². The largest absolute Gasteiger partial charge is 0.314 e. The van der Waals surface area contributed by atoms with E-state index < -0.39 is 0 Å². The van der Waals surface area contributed by atoms with Gasteiger partial charge >= 0.3 is 0 Å². The number of hydrogen-bond acceptors (Lipinski definition) is 1. The van der Waals surface area contributed by atoms with Gasteiger partial charge in [0.05, 0.1) is 5.02 Å². The van der Waals surface area contributed by atoms with Crippen molar-refractivity contribution in [2.45, 2.75) is 51.5 Å². The maximum Gasteiger partial charge on any atom is 0.145 e. The zero-order chi connectivity index (χ0) is 13.7. The van der Waals surface area contributed by atoms with Gasteiger partial charge in [-0.15, -0.1) is 0 Å². The highest BCUT2D eigenvalue weighted by atomic mass is 35.5. The Kier molecular flexibility index (Phi) is 5.65.